The van der Waals surface area contributed by atoms with Gasteiger partial charge in [-0.1, -0.05) is 20.8 Å². The summed E-state index contributed by atoms with van der Waals surface area (Å²) < 4.78 is 35.8. The topological polar surface area (TPSA) is 0 Å². The van der Waals surface area contributed by atoms with Crippen molar-refractivity contribution in [3.63, 3.8) is 0 Å². The maximum Gasteiger partial charge on any atom is 0.505 e. The minimum Gasteiger partial charge on any atom is -0.445 e. The second-order valence-corrected chi connectivity index (χ2v) is 5.44. The van der Waals surface area contributed by atoms with Crippen molar-refractivity contribution in [2.45, 2.75) is 25.5 Å². The van der Waals surface area contributed by atoms with Gasteiger partial charge in [-0.2, -0.15) is 11.8 Å². The minimum absolute atomic E-state index is 0.0208. The first-order chi connectivity index (χ1) is 5.13. The van der Waals surface area contributed by atoms with Crippen molar-refractivity contribution in [3.8, 4) is 0 Å². The van der Waals surface area contributed by atoms with Crippen molar-refractivity contribution in [3.05, 3.63) is 12.1 Å². The average molecular weight is 197 g/mol. The lowest BCUT2D eigenvalue weighted by Crippen LogP contribution is -2.22. The summed E-state index contributed by atoms with van der Waals surface area (Å²) in [5, 5.41) is 0. The van der Waals surface area contributed by atoms with E-state index in [-0.39, 0.29) is 10.5 Å². The van der Waals surface area contributed by atoms with E-state index >= 15 is 0 Å². The molecule has 0 aromatic heterocycles. The van der Waals surface area contributed by atoms with E-state index < -0.39 is 12.4 Å². The first kappa shape index (κ1) is 11.9. The molecule has 0 aliphatic heterocycles. The molecule has 0 bridgehead atoms. The molecule has 5 heteroatoms. The number of thioether (sulfide) groups is 1. The molecule has 0 saturated heterocycles. The zero-order chi connectivity index (χ0) is 9.99. The largest absolute Gasteiger partial charge is 0.505 e. The fraction of sp³-hybridized carbons (Fsp3) is 0.714. The molecule has 0 nitrogen and oxygen atoms in total. The summed E-state index contributed by atoms with van der Waals surface area (Å²) in [5.41, 5.74) is -0.602. The van der Waals surface area contributed by atoms with Gasteiger partial charge in [0.1, 0.15) is 0 Å². The van der Waals surface area contributed by atoms with Crippen LogP contribution in [-0.4, -0.2) is 17.5 Å². The van der Waals surface area contributed by atoms with E-state index in [4.69, 9.17) is 0 Å². The third-order valence-electron chi connectivity index (χ3n) is 1.15. The first-order valence-electron chi connectivity index (χ1n) is 3.64. The van der Waals surface area contributed by atoms with Crippen LogP contribution in [-0.2, 0) is 0 Å². The summed E-state index contributed by atoms with van der Waals surface area (Å²) in [4.78, 5) is 0. The van der Waals surface area contributed by atoms with Gasteiger partial charge in [-0.3, -0.25) is 0 Å². The molecule has 0 amide bonds. The molecule has 0 aliphatic rings. The SMILES string of the molecule is C=C(CSC(C)(C)C)[B-](F)(F)F. The van der Waals surface area contributed by atoms with Crippen molar-refractivity contribution in [1.29, 1.82) is 0 Å². The van der Waals surface area contributed by atoms with Gasteiger partial charge in [-0.25, -0.2) is 0 Å². The molecule has 0 saturated carbocycles. The summed E-state index contributed by atoms with van der Waals surface area (Å²) in [6.07, 6.45) is 0. The van der Waals surface area contributed by atoms with E-state index in [0.29, 0.717) is 0 Å². The van der Waals surface area contributed by atoms with E-state index in [2.05, 4.69) is 6.58 Å². The molecule has 12 heavy (non-hydrogen) atoms. The van der Waals surface area contributed by atoms with Gasteiger partial charge in [0.05, 0.1) is 0 Å². The number of rotatable bonds is 3. The highest BCUT2D eigenvalue weighted by Crippen LogP contribution is 2.29. The molecule has 0 fully saturated rings. The van der Waals surface area contributed by atoms with Gasteiger partial charge in [-0.05, 0) is 5.75 Å². The Bertz CT molecular complexity index is 168. The molecule has 0 unspecified atom stereocenters. The van der Waals surface area contributed by atoms with Gasteiger partial charge in [0, 0.05) is 4.75 Å². The van der Waals surface area contributed by atoms with E-state index in [1.165, 1.54) is 11.8 Å². The van der Waals surface area contributed by atoms with Crippen LogP contribution >= 0.6 is 11.8 Å². The quantitative estimate of drug-likeness (QED) is 0.624. The highest BCUT2D eigenvalue weighted by Gasteiger charge is 2.27. The van der Waals surface area contributed by atoms with Gasteiger partial charge in [0.2, 0.25) is 0 Å². The monoisotopic (exact) mass is 197 g/mol. The molecule has 0 N–H and O–H groups in total. The van der Waals surface area contributed by atoms with Crippen LogP contribution < -0.4 is 0 Å². The molecule has 0 aromatic carbocycles. The highest BCUT2D eigenvalue weighted by atomic mass is 32.2. The fourth-order valence-corrected chi connectivity index (χ4v) is 1.21. The van der Waals surface area contributed by atoms with E-state index in [1.807, 2.05) is 20.8 Å². The van der Waals surface area contributed by atoms with E-state index in [9.17, 15) is 12.9 Å². The standard InChI is InChI=1S/C7H13BF3S/c1-6(8(9,10)11)5-12-7(2,3)4/h1,5H2,2-4H3/q-1. The summed E-state index contributed by atoms with van der Waals surface area (Å²) in [6.45, 7) is 3.82. The van der Waals surface area contributed by atoms with Gasteiger partial charge < -0.3 is 12.9 Å². The molecule has 72 valence electrons. The van der Waals surface area contributed by atoms with Crippen molar-refractivity contribution >= 4 is 18.7 Å². The Balaban J connectivity index is 3.90. The molecule has 0 atom stereocenters. The highest BCUT2D eigenvalue weighted by molar-refractivity contribution is 8.00. The van der Waals surface area contributed by atoms with Crippen LogP contribution in [0.2, 0.25) is 0 Å². The molecule has 0 aliphatic carbocycles. The molecular weight excluding hydrogens is 184 g/mol. The third kappa shape index (κ3) is 5.58. The number of halogens is 3. The van der Waals surface area contributed by atoms with Crippen LogP contribution in [0.1, 0.15) is 20.8 Å². The second-order valence-electron chi connectivity index (χ2n) is 3.63. The Morgan fingerprint density at radius 2 is 1.75 bits per heavy atom. The number of hydrogen-bond donors (Lipinski definition) is 0. The van der Waals surface area contributed by atoms with Crippen LogP contribution in [0.15, 0.2) is 12.1 Å². The molecule has 0 heterocycles. The summed E-state index contributed by atoms with van der Waals surface area (Å²) in [7, 11) is 0. The van der Waals surface area contributed by atoms with Crippen LogP contribution in [0.5, 0.6) is 0 Å². The summed E-state index contributed by atoms with van der Waals surface area (Å²) in [6, 6.07) is 0. The van der Waals surface area contributed by atoms with E-state index in [1.54, 1.807) is 0 Å². The zero-order valence-corrected chi connectivity index (χ0v) is 8.35. The van der Waals surface area contributed by atoms with Crippen molar-refractivity contribution in [1.82, 2.24) is 0 Å². The smallest absolute Gasteiger partial charge is 0.445 e. The molecule has 0 aromatic rings. The zero-order valence-electron chi connectivity index (χ0n) is 7.53. The Labute approximate surface area is 75.7 Å². The van der Waals surface area contributed by atoms with Crippen molar-refractivity contribution < 1.29 is 12.9 Å². The molecule has 0 spiro atoms. The van der Waals surface area contributed by atoms with Crippen LogP contribution in [0.3, 0.4) is 0 Å². The maximum absolute atomic E-state index is 12.0. The lowest BCUT2D eigenvalue weighted by atomic mass is 9.82. The van der Waals surface area contributed by atoms with E-state index in [0.717, 1.165) is 0 Å². The lowest BCUT2D eigenvalue weighted by molar-refractivity contribution is 0.491. The Hall–Kier alpha value is -0.0551. The Morgan fingerprint density at radius 3 is 2.00 bits per heavy atom. The Kier molecular flexibility index (Phi) is 3.75. The predicted octanol–water partition coefficient (Wildman–Crippen LogP) is 3.46. The van der Waals surface area contributed by atoms with Crippen LogP contribution in [0, 0.1) is 0 Å². The van der Waals surface area contributed by atoms with Gasteiger partial charge in [0.25, 0.3) is 0 Å². The number of hydrogen-bond acceptors (Lipinski definition) is 1. The minimum atomic E-state index is -4.84. The lowest BCUT2D eigenvalue weighted by Gasteiger charge is -2.22. The summed E-state index contributed by atoms with van der Waals surface area (Å²) >= 11 is 1.26. The van der Waals surface area contributed by atoms with Crippen molar-refractivity contribution in [2.24, 2.45) is 0 Å². The average Bonchev–Trinajstić information content (AvgIpc) is 1.78. The third-order valence-corrected chi connectivity index (χ3v) is 2.53. The van der Waals surface area contributed by atoms with Crippen molar-refractivity contribution in [2.75, 3.05) is 5.75 Å². The fourth-order valence-electron chi connectivity index (χ4n) is 0.404. The van der Waals surface area contributed by atoms with Crippen LogP contribution in [0.25, 0.3) is 0 Å². The van der Waals surface area contributed by atoms with Gasteiger partial charge in [0.15, 0.2) is 0 Å². The molecular formula is C7H13BF3S-. The Morgan fingerprint density at radius 1 is 1.33 bits per heavy atom. The maximum atomic E-state index is 12.0. The second kappa shape index (κ2) is 3.77. The summed E-state index contributed by atoms with van der Waals surface area (Å²) in [5.74, 6) is -0.0208. The first-order valence-corrected chi connectivity index (χ1v) is 4.63. The van der Waals surface area contributed by atoms with Gasteiger partial charge in [-0.15, -0.1) is 12.1 Å². The van der Waals surface area contributed by atoms with Crippen LogP contribution in [0.4, 0.5) is 12.9 Å². The molecule has 0 radical (unpaired) electrons. The normalized spacial score (nSPS) is 13.2. The molecule has 0 rings (SSSR count). The van der Waals surface area contributed by atoms with Gasteiger partial charge >= 0.3 is 6.98 Å². The predicted molar refractivity (Wildman–Crippen MR) is 50.4 cm³/mol.